The number of anilines is 1. The van der Waals surface area contributed by atoms with Gasteiger partial charge < -0.3 is 15.8 Å². The predicted octanol–water partition coefficient (Wildman–Crippen LogP) is 2.18. The van der Waals surface area contributed by atoms with Crippen LogP contribution in [0.4, 0.5) is 5.82 Å². The van der Waals surface area contributed by atoms with Gasteiger partial charge in [-0.2, -0.15) is 5.10 Å². The molecule has 0 aliphatic rings. The molecule has 1 amide bonds. The van der Waals surface area contributed by atoms with E-state index in [-0.39, 0.29) is 17.9 Å². The monoisotopic (exact) mass is 302 g/mol. The average molecular weight is 302 g/mol. The molecule has 0 saturated carbocycles. The first-order chi connectivity index (χ1) is 10.4. The van der Waals surface area contributed by atoms with E-state index >= 15 is 0 Å². The second-order valence-electron chi connectivity index (χ2n) is 6.11. The highest BCUT2D eigenvalue weighted by Crippen LogP contribution is 2.21. The average Bonchev–Trinajstić information content (AvgIpc) is 2.94. The highest BCUT2D eigenvalue weighted by atomic mass is 16.5. The molecule has 2 aromatic rings. The molecule has 0 unspecified atom stereocenters. The number of aromatic nitrogens is 2. The van der Waals surface area contributed by atoms with Crippen molar-refractivity contribution in [3.8, 4) is 5.75 Å². The van der Waals surface area contributed by atoms with Gasteiger partial charge in [0, 0.05) is 23.7 Å². The minimum Gasteiger partial charge on any atom is -0.484 e. The molecule has 1 aromatic carbocycles. The van der Waals surface area contributed by atoms with E-state index in [1.165, 1.54) is 0 Å². The molecule has 118 valence electrons. The van der Waals surface area contributed by atoms with E-state index in [2.05, 4.69) is 36.3 Å². The Labute approximate surface area is 130 Å². The highest BCUT2D eigenvalue weighted by molar-refractivity contribution is 5.91. The van der Waals surface area contributed by atoms with Crippen LogP contribution in [0.15, 0.2) is 30.3 Å². The van der Waals surface area contributed by atoms with Crippen molar-refractivity contribution in [3.63, 3.8) is 0 Å². The van der Waals surface area contributed by atoms with Crippen LogP contribution in [0.1, 0.15) is 32.0 Å². The summed E-state index contributed by atoms with van der Waals surface area (Å²) in [5, 5.41) is 9.70. The van der Waals surface area contributed by atoms with Gasteiger partial charge in [-0.1, -0.05) is 32.9 Å². The molecule has 0 atom stereocenters. The summed E-state index contributed by atoms with van der Waals surface area (Å²) in [5.74, 6) is 0.856. The van der Waals surface area contributed by atoms with Crippen molar-refractivity contribution in [3.05, 3.63) is 41.6 Å². The second kappa shape index (κ2) is 6.62. The van der Waals surface area contributed by atoms with Gasteiger partial charge in [0.15, 0.2) is 12.4 Å². The number of aromatic amines is 1. The van der Waals surface area contributed by atoms with Gasteiger partial charge in [-0.05, 0) is 17.7 Å². The van der Waals surface area contributed by atoms with Crippen molar-refractivity contribution < 1.29 is 9.53 Å². The number of nitrogens with zero attached hydrogens (tertiary/aromatic N) is 1. The fourth-order valence-electron chi connectivity index (χ4n) is 1.86. The summed E-state index contributed by atoms with van der Waals surface area (Å²) < 4.78 is 5.45. The molecule has 0 aliphatic carbocycles. The van der Waals surface area contributed by atoms with Gasteiger partial charge in [-0.15, -0.1) is 0 Å². The summed E-state index contributed by atoms with van der Waals surface area (Å²) in [5.41, 5.74) is 7.44. The number of benzene rings is 1. The number of rotatable bonds is 5. The molecular formula is C16H22N4O2. The zero-order valence-electron chi connectivity index (χ0n) is 13.1. The van der Waals surface area contributed by atoms with E-state index in [0.717, 1.165) is 11.3 Å². The maximum absolute atomic E-state index is 11.9. The van der Waals surface area contributed by atoms with E-state index in [4.69, 9.17) is 10.5 Å². The fraction of sp³-hybridized carbons (Fsp3) is 0.375. The van der Waals surface area contributed by atoms with Gasteiger partial charge >= 0.3 is 0 Å². The minimum absolute atomic E-state index is 0.0465. The number of hydrogen-bond donors (Lipinski definition) is 3. The van der Waals surface area contributed by atoms with Gasteiger partial charge in [-0.25, -0.2) is 0 Å². The molecule has 6 heteroatoms. The molecule has 1 aromatic heterocycles. The van der Waals surface area contributed by atoms with Crippen LogP contribution in [0.3, 0.4) is 0 Å². The zero-order chi connectivity index (χ0) is 16.2. The van der Waals surface area contributed by atoms with E-state index in [1.54, 1.807) is 6.07 Å². The number of nitrogens with one attached hydrogen (secondary N) is 2. The molecule has 6 nitrogen and oxygen atoms in total. The molecule has 0 spiro atoms. The van der Waals surface area contributed by atoms with Crippen molar-refractivity contribution in [1.82, 2.24) is 10.2 Å². The largest absolute Gasteiger partial charge is 0.484 e. The number of nitrogens with two attached hydrogens (primary N) is 1. The summed E-state index contributed by atoms with van der Waals surface area (Å²) >= 11 is 0. The Morgan fingerprint density at radius 1 is 1.36 bits per heavy atom. The molecule has 1 heterocycles. The number of H-pyrrole nitrogens is 1. The normalized spacial score (nSPS) is 11.3. The lowest BCUT2D eigenvalue weighted by Crippen LogP contribution is -2.20. The van der Waals surface area contributed by atoms with Crippen molar-refractivity contribution in [2.24, 2.45) is 5.73 Å². The number of amides is 1. The summed E-state index contributed by atoms with van der Waals surface area (Å²) in [6.45, 7) is 6.57. The summed E-state index contributed by atoms with van der Waals surface area (Å²) in [6, 6.07) is 9.19. The minimum atomic E-state index is -0.259. The molecule has 22 heavy (non-hydrogen) atoms. The van der Waals surface area contributed by atoms with Crippen LogP contribution in [0.2, 0.25) is 0 Å². The SMILES string of the molecule is CC(C)(C)c1cc(NC(=O)COc2cccc(CN)c2)n[nH]1. The van der Waals surface area contributed by atoms with Crippen LogP contribution in [0.25, 0.3) is 0 Å². The van der Waals surface area contributed by atoms with Gasteiger partial charge in [-0.3, -0.25) is 9.89 Å². The molecular weight excluding hydrogens is 280 g/mol. The Morgan fingerprint density at radius 3 is 2.77 bits per heavy atom. The predicted molar refractivity (Wildman–Crippen MR) is 85.7 cm³/mol. The van der Waals surface area contributed by atoms with Gasteiger partial charge in [0.1, 0.15) is 5.75 Å². The lowest BCUT2D eigenvalue weighted by atomic mass is 9.92. The van der Waals surface area contributed by atoms with E-state index in [9.17, 15) is 4.79 Å². The lowest BCUT2D eigenvalue weighted by Gasteiger charge is -2.14. The molecule has 0 saturated heterocycles. The van der Waals surface area contributed by atoms with E-state index in [1.807, 2.05) is 24.3 Å². The van der Waals surface area contributed by atoms with E-state index in [0.29, 0.717) is 18.1 Å². The maximum Gasteiger partial charge on any atom is 0.263 e. The number of hydrogen-bond acceptors (Lipinski definition) is 4. The van der Waals surface area contributed by atoms with Crippen molar-refractivity contribution in [1.29, 1.82) is 0 Å². The first-order valence-corrected chi connectivity index (χ1v) is 7.16. The van der Waals surface area contributed by atoms with Crippen LogP contribution in [0.5, 0.6) is 5.75 Å². The smallest absolute Gasteiger partial charge is 0.263 e. The Bertz CT molecular complexity index is 644. The zero-order valence-corrected chi connectivity index (χ0v) is 13.1. The van der Waals surface area contributed by atoms with Crippen LogP contribution < -0.4 is 15.8 Å². The standard InChI is InChI=1S/C16H22N4O2/c1-16(2,3)13-8-14(20-19-13)18-15(21)10-22-12-6-4-5-11(7-12)9-17/h4-8H,9-10,17H2,1-3H3,(H2,18,19,20,21). The van der Waals surface area contributed by atoms with Crippen molar-refractivity contribution in [2.75, 3.05) is 11.9 Å². The topological polar surface area (TPSA) is 93.0 Å². The van der Waals surface area contributed by atoms with Gasteiger partial charge in [0.25, 0.3) is 5.91 Å². The van der Waals surface area contributed by atoms with Crippen LogP contribution in [0, 0.1) is 0 Å². The van der Waals surface area contributed by atoms with Crippen LogP contribution in [-0.2, 0) is 16.8 Å². The Morgan fingerprint density at radius 2 is 2.14 bits per heavy atom. The molecule has 4 N–H and O–H groups in total. The third kappa shape index (κ3) is 4.33. The third-order valence-corrected chi connectivity index (χ3v) is 3.16. The fourth-order valence-corrected chi connectivity index (χ4v) is 1.86. The van der Waals surface area contributed by atoms with Crippen LogP contribution >= 0.6 is 0 Å². The maximum atomic E-state index is 11.9. The highest BCUT2D eigenvalue weighted by Gasteiger charge is 2.17. The molecule has 0 aliphatic heterocycles. The van der Waals surface area contributed by atoms with Gasteiger partial charge in [0.2, 0.25) is 0 Å². The summed E-state index contributed by atoms with van der Waals surface area (Å²) in [7, 11) is 0. The summed E-state index contributed by atoms with van der Waals surface area (Å²) in [4.78, 5) is 11.9. The van der Waals surface area contributed by atoms with Crippen molar-refractivity contribution >= 4 is 11.7 Å². The lowest BCUT2D eigenvalue weighted by molar-refractivity contribution is -0.118. The Hall–Kier alpha value is -2.34. The second-order valence-corrected chi connectivity index (χ2v) is 6.11. The first kappa shape index (κ1) is 16.0. The molecule has 0 fully saturated rings. The number of carbonyl (C=O) groups excluding carboxylic acids is 1. The first-order valence-electron chi connectivity index (χ1n) is 7.16. The number of ether oxygens (including phenoxy) is 1. The molecule has 0 radical (unpaired) electrons. The quantitative estimate of drug-likeness (QED) is 0.789. The summed E-state index contributed by atoms with van der Waals surface area (Å²) in [6.07, 6.45) is 0. The van der Waals surface area contributed by atoms with E-state index < -0.39 is 0 Å². The number of carbonyl (C=O) groups is 1. The third-order valence-electron chi connectivity index (χ3n) is 3.16. The van der Waals surface area contributed by atoms with Crippen molar-refractivity contribution in [2.45, 2.75) is 32.7 Å². The van der Waals surface area contributed by atoms with Gasteiger partial charge in [0.05, 0.1) is 0 Å². The molecule has 0 bridgehead atoms. The Balaban J connectivity index is 1.89. The Kier molecular flexibility index (Phi) is 4.82. The van der Waals surface area contributed by atoms with Crippen LogP contribution in [-0.4, -0.2) is 22.7 Å². The molecule has 2 rings (SSSR count).